The highest BCUT2D eigenvalue weighted by Crippen LogP contribution is 2.14. The number of alkyl halides is 3. The maximum Gasteiger partial charge on any atom is 0.401 e. The molecular formula is C11H15F3N2. The number of hydrogen-bond donors (Lipinski definition) is 2. The number of halogens is 3. The van der Waals surface area contributed by atoms with Crippen molar-refractivity contribution in [3.05, 3.63) is 35.4 Å². The molecule has 0 aliphatic heterocycles. The Kier molecular flexibility index (Phi) is 4.32. The second kappa shape index (κ2) is 5.32. The third-order valence-corrected chi connectivity index (χ3v) is 2.20. The molecule has 0 spiro atoms. The monoisotopic (exact) mass is 232 g/mol. The van der Waals surface area contributed by atoms with E-state index in [0.717, 1.165) is 11.1 Å². The molecule has 1 aromatic carbocycles. The maximum atomic E-state index is 11.9. The molecule has 0 aromatic heterocycles. The number of rotatable bonds is 4. The summed E-state index contributed by atoms with van der Waals surface area (Å²) in [6.45, 7) is 1.05. The lowest BCUT2D eigenvalue weighted by molar-refractivity contribution is -0.124. The first-order valence-corrected chi connectivity index (χ1v) is 4.98. The van der Waals surface area contributed by atoms with Gasteiger partial charge in [-0.2, -0.15) is 13.2 Å². The zero-order valence-electron chi connectivity index (χ0n) is 9.01. The number of aryl methyl sites for hydroxylation is 1. The third kappa shape index (κ3) is 4.63. The van der Waals surface area contributed by atoms with Gasteiger partial charge in [0.15, 0.2) is 0 Å². The molecule has 1 rings (SSSR count). The summed E-state index contributed by atoms with van der Waals surface area (Å²) in [5.74, 6) is 0. The van der Waals surface area contributed by atoms with Gasteiger partial charge in [0.05, 0.1) is 6.54 Å². The van der Waals surface area contributed by atoms with E-state index in [2.05, 4.69) is 5.32 Å². The predicted octanol–water partition coefficient (Wildman–Crippen LogP) is 2.15. The summed E-state index contributed by atoms with van der Waals surface area (Å²) in [5, 5.41) is 2.29. The van der Waals surface area contributed by atoms with E-state index in [0.29, 0.717) is 0 Å². The Hall–Kier alpha value is -1.07. The van der Waals surface area contributed by atoms with E-state index in [4.69, 9.17) is 5.73 Å². The summed E-state index contributed by atoms with van der Waals surface area (Å²) in [7, 11) is 0. The molecule has 1 aromatic rings. The normalized spacial score (nSPS) is 13.8. The van der Waals surface area contributed by atoms with Crippen LogP contribution in [0.25, 0.3) is 0 Å². The van der Waals surface area contributed by atoms with E-state index in [1.54, 1.807) is 0 Å². The lowest BCUT2D eigenvalue weighted by Crippen LogP contribution is -2.34. The molecule has 0 fully saturated rings. The van der Waals surface area contributed by atoms with Crippen molar-refractivity contribution in [1.29, 1.82) is 0 Å². The molecule has 3 N–H and O–H groups in total. The third-order valence-electron chi connectivity index (χ3n) is 2.20. The summed E-state index contributed by atoms with van der Waals surface area (Å²) in [6.07, 6.45) is -4.19. The van der Waals surface area contributed by atoms with Crippen molar-refractivity contribution in [2.45, 2.75) is 19.1 Å². The van der Waals surface area contributed by atoms with Crippen LogP contribution in [0.3, 0.4) is 0 Å². The average molecular weight is 232 g/mol. The summed E-state index contributed by atoms with van der Waals surface area (Å²) < 4.78 is 35.6. The van der Waals surface area contributed by atoms with Gasteiger partial charge >= 0.3 is 6.18 Å². The molecule has 0 radical (unpaired) electrons. The van der Waals surface area contributed by atoms with Gasteiger partial charge in [0.25, 0.3) is 0 Å². The van der Waals surface area contributed by atoms with Crippen LogP contribution in [-0.2, 0) is 0 Å². The van der Waals surface area contributed by atoms with Crippen molar-refractivity contribution < 1.29 is 13.2 Å². The van der Waals surface area contributed by atoms with Crippen LogP contribution < -0.4 is 11.1 Å². The van der Waals surface area contributed by atoms with Gasteiger partial charge in [-0.05, 0) is 12.5 Å². The topological polar surface area (TPSA) is 38.0 Å². The van der Waals surface area contributed by atoms with Crippen molar-refractivity contribution in [3.63, 3.8) is 0 Å². The lowest BCUT2D eigenvalue weighted by Gasteiger charge is -2.14. The van der Waals surface area contributed by atoms with Gasteiger partial charge in [-0.25, -0.2) is 0 Å². The standard InChI is InChI=1S/C11H15F3N2/c1-8-2-4-9(5-3-8)10(15)6-16-7-11(12,13)14/h2-5,10,16H,6-7,15H2,1H3. The van der Waals surface area contributed by atoms with E-state index in [1.807, 2.05) is 31.2 Å². The van der Waals surface area contributed by atoms with Gasteiger partial charge in [0, 0.05) is 12.6 Å². The molecule has 90 valence electrons. The SMILES string of the molecule is Cc1ccc(C(N)CNCC(F)(F)F)cc1. The number of benzene rings is 1. The molecule has 1 atom stereocenters. The Morgan fingerprint density at radius 3 is 2.31 bits per heavy atom. The van der Waals surface area contributed by atoms with Crippen molar-refractivity contribution in [2.24, 2.45) is 5.73 Å². The highest BCUT2D eigenvalue weighted by molar-refractivity contribution is 5.23. The molecule has 0 heterocycles. The number of nitrogens with one attached hydrogen (secondary N) is 1. The largest absolute Gasteiger partial charge is 0.401 e. The Balaban J connectivity index is 2.41. The molecule has 2 nitrogen and oxygen atoms in total. The zero-order valence-corrected chi connectivity index (χ0v) is 9.01. The molecule has 0 bridgehead atoms. The molecule has 16 heavy (non-hydrogen) atoms. The van der Waals surface area contributed by atoms with Crippen molar-refractivity contribution in [1.82, 2.24) is 5.32 Å². The first kappa shape index (κ1) is 13.0. The van der Waals surface area contributed by atoms with Gasteiger partial charge in [0.1, 0.15) is 0 Å². The fraction of sp³-hybridized carbons (Fsp3) is 0.455. The summed E-state index contributed by atoms with van der Waals surface area (Å²) >= 11 is 0. The van der Waals surface area contributed by atoms with Gasteiger partial charge in [-0.15, -0.1) is 0 Å². The minimum absolute atomic E-state index is 0.114. The fourth-order valence-electron chi connectivity index (χ4n) is 1.30. The molecule has 0 saturated carbocycles. The molecular weight excluding hydrogens is 217 g/mol. The lowest BCUT2D eigenvalue weighted by atomic mass is 10.1. The first-order chi connectivity index (χ1) is 7.38. The highest BCUT2D eigenvalue weighted by Gasteiger charge is 2.26. The Bertz CT molecular complexity index is 319. The first-order valence-electron chi connectivity index (χ1n) is 4.98. The van der Waals surface area contributed by atoms with Gasteiger partial charge < -0.3 is 11.1 Å². The van der Waals surface area contributed by atoms with Crippen molar-refractivity contribution >= 4 is 0 Å². The second-order valence-corrected chi connectivity index (χ2v) is 3.76. The molecule has 0 aliphatic rings. The van der Waals surface area contributed by atoms with E-state index in [-0.39, 0.29) is 6.54 Å². The minimum atomic E-state index is -4.19. The van der Waals surface area contributed by atoms with Crippen LogP contribution in [0.4, 0.5) is 13.2 Å². The maximum absolute atomic E-state index is 11.9. The average Bonchev–Trinajstić information content (AvgIpc) is 2.16. The predicted molar refractivity (Wildman–Crippen MR) is 57.0 cm³/mol. The number of nitrogens with two attached hydrogens (primary N) is 1. The van der Waals surface area contributed by atoms with Crippen molar-refractivity contribution in [3.8, 4) is 0 Å². The summed E-state index contributed by atoms with van der Waals surface area (Å²) in [6, 6.07) is 7.02. The van der Waals surface area contributed by atoms with Crippen LogP contribution in [0.2, 0.25) is 0 Å². The van der Waals surface area contributed by atoms with Crippen molar-refractivity contribution in [2.75, 3.05) is 13.1 Å². The van der Waals surface area contributed by atoms with E-state index in [9.17, 15) is 13.2 Å². The highest BCUT2D eigenvalue weighted by atomic mass is 19.4. The van der Waals surface area contributed by atoms with Gasteiger partial charge in [0.2, 0.25) is 0 Å². The van der Waals surface area contributed by atoms with E-state index >= 15 is 0 Å². The van der Waals surface area contributed by atoms with E-state index in [1.165, 1.54) is 0 Å². The Labute approximate surface area is 92.6 Å². The Morgan fingerprint density at radius 2 is 1.81 bits per heavy atom. The minimum Gasteiger partial charge on any atom is -0.323 e. The summed E-state index contributed by atoms with van der Waals surface area (Å²) in [4.78, 5) is 0. The Morgan fingerprint density at radius 1 is 1.25 bits per heavy atom. The molecule has 0 aliphatic carbocycles. The number of hydrogen-bond acceptors (Lipinski definition) is 2. The van der Waals surface area contributed by atoms with Crippen LogP contribution in [-0.4, -0.2) is 19.3 Å². The summed E-state index contributed by atoms with van der Waals surface area (Å²) in [5.41, 5.74) is 7.67. The van der Waals surface area contributed by atoms with Crippen LogP contribution in [0.5, 0.6) is 0 Å². The second-order valence-electron chi connectivity index (χ2n) is 3.76. The van der Waals surface area contributed by atoms with Crippen LogP contribution in [0.15, 0.2) is 24.3 Å². The smallest absolute Gasteiger partial charge is 0.323 e. The van der Waals surface area contributed by atoms with Crippen LogP contribution in [0.1, 0.15) is 17.2 Å². The van der Waals surface area contributed by atoms with Crippen LogP contribution >= 0.6 is 0 Å². The quantitative estimate of drug-likeness (QED) is 0.834. The molecule has 5 heteroatoms. The molecule has 0 saturated heterocycles. The van der Waals surface area contributed by atoms with Crippen LogP contribution in [0, 0.1) is 6.92 Å². The molecule has 1 unspecified atom stereocenters. The van der Waals surface area contributed by atoms with Gasteiger partial charge in [-0.3, -0.25) is 0 Å². The fourth-order valence-corrected chi connectivity index (χ4v) is 1.30. The zero-order chi connectivity index (χ0) is 12.2. The van der Waals surface area contributed by atoms with Gasteiger partial charge in [-0.1, -0.05) is 29.8 Å². The van der Waals surface area contributed by atoms with E-state index < -0.39 is 18.8 Å². The molecule has 0 amide bonds.